The van der Waals surface area contributed by atoms with E-state index in [1.807, 2.05) is 13.8 Å². The number of hydrogen-bond acceptors (Lipinski definition) is 5. The number of sulfone groups is 1. The molecule has 23 heavy (non-hydrogen) atoms. The van der Waals surface area contributed by atoms with Crippen molar-refractivity contribution in [1.82, 2.24) is 15.2 Å². The fourth-order valence-corrected chi connectivity index (χ4v) is 4.22. The van der Waals surface area contributed by atoms with E-state index < -0.39 is 9.84 Å². The van der Waals surface area contributed by atoms with Crippen molar-refractivity contribution in [1.29, 1.82) is 0 Å². The minimum atomic E-state index is -3.07. The van der Waals surface area contributed by atoms with Gasteiger partial charge in [0.1, 0.15) is 11.4 Å². The third-order valence-electron chi connectivity index (χ3n) is 3.70. The summed E-state index contributed by atoms with van der Waals surface area (Å²) in [5, 5.41) is 2.71. The van der Waals surface area contributed by atoms with Crippen molar-refractivity contribution in [2.45, 2.75) is 32.4 Å². The van der Waals surface area contributed by atoms with Gasteiger partial charge in [-0.25, -0.2) is 13.4 Å². The smallest absolute Gasteiger partial charge is 0.272 e. The van der Waals surface area contributed by atoms with Crippen LogP contribution in [0, 0.1) is 0 Å². The number of pyridine rings is 1. The van der Waals surface area contributed by atoms with E-state index in [1.165, 1.54) is 17.0 Å². The molecule has 126 valence electrons. The Kier molecular flexibility index (Phi) is 5.03. The lowest BCUT2D eigenvalue weighted by atomic mass is 10.2. The molecule has 1 saturated heterocycles. The molecule has 2 heterocycles. The van der Waals surface area contributed by atoms with Crippen molar-refractivity contribution in [3.63, 3.8) is 0 Å². The predicted molar refractivity (Wildman–Crippen MR) is 86.0 cm³/mol. The first kappa shape index (κ1) is 17.4. The van der Waals surface area contributed by atoms with E-state index in [4.69, 9.17) is 0 Å². The van der Waals surface area contributed by atoms with Crippen molar-refractivity contribution >= 4 is 21.7 Å². The van der Waals surface area contributed by atoms with Gasteiger partial charge in [0.25, 0.3) is 11.8 Å². The standard InChI is InChI=1S/C15H21N3O4S/c1-10(2)16-14(19)12-5-4-6-13(17-12)15(20)18(3)11-7-8-23(21,22)9-11/h4-6,10-11H,7-9H2,1-3H3,(H,16,19). The van der Waals surface area contributed by atoms with Gasteiger partial charge in [0.2, 0.25) is 0 Å². The highest BCUT2D eigenvalue weighted by molar-refractivity contribution is 7.91. The molecule has 1 atom stereocenters. The summed E-state index contributed by atoms with van der Waals surface area (Å²) in [4.78, 5) is 29.9. The van der Waals surface area contributed by atoms with E-state index in [0.29, 0.717) is 6.42 Å². The Morgan fingerprint density at radius 2 is 1.96 bits per heavy atom. The SMILES string of the molecule is CC(C)NC(=O)c1cccc(C(=O)N(C)C2CCS(=O)(=O)C2)n1. The predicted octanol–water partition coefficient (Wildman–Crippen LogP) is 0.479. The molecule has 1 N–H and O–H groups in total. The normalized spacial score (nSPS) is 19.6. The topological polar surface area (TPSA) is 96.4 Å². The van der Waals surface area contributed by atoms with E-state index in [2.05, 4.69) is 10.3 Å². The minimum absolute atomic E-state index is 0.0250. The summed E-state index contributed by atoms with van der Waals surface area (Å²) >= 11 is 0. The van der Waals surface area contributed by atoms with Crippen molar-refractivity contribution in [3.05, 3.63) is 29.6 Å². The van der Waals surface area contributed by atoms with Gasteiger partial charge in [-0.2, -0.15) is 0 Å². The third kappa shape index (κ3) is 4.28. The van der Waals surface area contributed by atoms with Gasteiger partial charge >= 0.3 is 0 Å². The van der Waals surface area contributed by atoms with Crippen molar-refractivity contribution < 1.29 is 18.0 Å². The van der Waals surface area contributed by atoms with Crippen LogP contribution in [-0.4, -0.2) is 60.8 Å². The molecule has 8 heteroatoms. The molecule has 1 aliphatic heterocycles. The lowest BCUT2D eigenvalue weighted by Gasteiger charge is -2.23. The Bertz CT molecular complexity index is 715. The Morgan fingerprint density at radius 3 is 2.52 bits per heavy atom. The maximum absolute atomic E-state index is 12.5. The van der Waals surface area contributed by atoms with Crippen molar-refractivity contribution in [3.8, 4) is 0 Å². The second-order valence-electron chi connectivity index (χ2n) is 6.01. The molecule has 0 spiro atoms. The zero-order valence-corrected chi connectivity index (χ0v) is 14.3. The number of amides is 2. The molecular weight excluding hydrogens is 318 g/mol. The van der Waals surface area contributed by atoms with Crippen LogP contribution in [0.15, 0.2) is 18.2 Å². The second kappa shape index (κ2) is 6.66. The van der Waals surface area contributed by atoms with Crippen LogP contribution in [0.5, 0.6) is 0 Å². The molecule has 0 bridgehead atoms. The van der Waals surface area contributed by atoms with Crippen molar-refractivity contribution in [2.75, 3.05) is 18.6 Å². The molecule has 0 radical (unpaired) electrons. The number of aromatic nitrogens is 1. The summed E-state index contributed by atoms with van der Waals surface area (Å²) in [6.07, 6.45) is 0.429. The lowest BCUT2D eigenvalue weighted by Crippen LogP contribution is -2.38. The molecule has 1 unspecified atom stereocenters. The zero-order valence-electron chi connectivity index (χ0n) is 13.4. The Labute approximate surface area is 136 Å². The highest BCUT2D eigenvalue weighted by Crippen LogP contribution is 2.18. The number of nitrogens with zero attached hydrogens (tertiary/aromatic N) is 2. The van der Waals surface area contributed by atoms with Gasteiger partial charge in [-0.3, -0.25) is 9.59 Å². The molecule has 1 aliphatic rings. The van der Waals surface area contributed by atoms with E-state index in [0.717, 1.165) is 0 Å². The number of carbonyl (C=O) groups is 2. The minimum Gasteiger partial charge on any atom is -0.349 e. The number of carbonyl (C=O) groups excluding carboxylic acids is 2. The van der Waals surface area contributed by atoms with Gasteiger partial charge in [0.15, 0.2) is 9.84 Å². The molecule has 2 amide bonds. The maximum atomic E-state index is 12.5. The van der Waals surface area contributed by atoms with Gasteiger partial charge in [-0.15, -0.1) is 0 Å². The van der Waals surface area contributed by atoms with E-state index in [1.54, 1.807) is 13.1 Å². The first-order valence-electron chi connectivity index (χ1n) is 7.45. The average Bonchev–Trinajstić information content (AvgIpc) is 2.85. The molecule has 1 aromatic heterocycles. The number of nitrogens with one attached hydrogen (secondary N) is 1. The summed E-state index contributed by atoms with van der Waals surface area (Å²) in [5.41, 5.74) is 0.296. The van der Waals surface area contributed by atoms with Crippen LogP contribution in [0.25, 0.3) is 0 Å². The molecule has 7 nitrogen and oxygen atoms in total. The largest absolute Gasteiger partial charge is 0.349 e. The van der Waals surface area contributed by atoms with Crippen LogP contribution in [-0.2, 0) is 9.84 Å². The first-order valence-corrected chi connectivity index (χ1v) is 9.27. The summed E-state index contributed by atoms with van der Waals surface area (Å²) in [6, 6.07) is 4.27. The highest BCUT2D eigenvalue weighted by Gasteiger charge is 2.33. The monoisotopic (exact) mass is 339 g/mol. The molecule has 0 aliphatic carbocycles. The van der Waals surface area contributed by atoms with Crippen LogP contribution >= 0.6 is 0 Å². The van der Waals surface area contributed by atoms with Crippen LogP contribution in [0.2, 0.25) is 0 Å². The zero-order chi connectivity index (χ0) is 17.2. The molecule has 1 fully saturated rings. The maximum Gasteiger partial charge on any atom is 0.272 e. The second-order valence-corrected chi connectivity index (χ2v) is 8.24. The Morgan fingerprint density at radius 1 is 1.30 bits per heavy atom. The van der Waals surface area contributed by atoms with Crippen LogP contribution in [0.4, 0.5) is 0 Å². The summed E-state index contributed by atoms with van der Waals surface area (Å²) in [7, 11) is -1.50. The lowest BCUT2D eigenvalue weighted by molar-refractivity contribution is 0.0741. The Balaban J connectivity index is 2.15. The molecular formula is C15H21N3O4S. The summed E-state index contributed by atoms with van der Waals surface area (Å²) in [5.74, 6) is -0.658. The van der Waals surface area contributed by atoms with Gasteiger partial charge in [0, 0.05) is 19.1 Å². The molecule has 0 aromatic carbocycles. The van der Waals surface area contributed by atoms with E-state index in [-0.39, 0.29) is 46.8 Å². The van der Waals surface area contributed by atoms with Gasteiger partial charge < -0.3 is 10.2 Å². The summed E-state index contributed by atoms with van der Waals surface area (Å²) < 4.78 is 23.1. The third-order valence-corrected chi connectivity index (χ3v) is 5.45. The fraction of sp³-hybridized carbons (Fsp3) is 0.533. The molecule has 1 aromatic rings. The fourth-order valence-electron chi connectivity index (χ4n) is 2.44. The van der Waals surface area contributed by atoms with Gasteiger partial charge in [-0.05, 0) is 32.4 Å². The first-order chi connectivity index (χ1) is 10.7. The van der Waals surface area contributed by atoms with Gasteiger partial charge in [0.05, 0.1) is 11.5 Å². The van der Waals surface area contributed by atoms with Crippen LogP contribution < -0.4 is 5.32 Å². The van der Waals surface area contributed by atoms with E-state index >= 15 is 0 Å². The highest BCUT2D eigenvalue weighted by atomic mass is 32.2. The Hall–Kier alpha value is -1.96. The quantitative estimate of drug-likeness (QED) is 0.860. The summed E-state index contributed by atoms with van der Waals surface area (Å²) in [6.45, 7) is 3.67. The van der Waals surface area contributed by atoms with Crippen molar-refractivity contribution in [2.24, 2.45) is 0 Å². The van der Waals surface area contributed by atoms with Crippen LogP contribution in [0.1, 0.15) is 41.2 Å². The average molecular weight is 339 g/mol. The number of rotatable bonds is 4. The molecule has 2 rings (SSSR count). The molecule has 0 saturated carbocycles. The van der Waals surface area contributed by atoms with Crippen LogP contribution in [0.3, 0.4) is 0 Å². The van der Waals surface area contributed by atoms with E-state index in [9.17, 15) is 18.0 Å². The number of hydrogen-bond donors (Lipinski definition) is 1. The van der Waals surface area contributed by atoms with Gasteiger partial charge in [-0.1, -0.05) is 6.07 Å².